The molecule has 1 aliphatic rings. The quantitative estimate of drug-likeness (QED) is 0.638. The summed E-state index contributed by atoms with van der Waals surface area (Å²) in [5.74, 6) is -0.0311. The third kappa shape index (κ3) is 3.50. The van der Waals surface area contributed by atoms with Gasteiger partial charge in [-0.25, -0.2) is 9.37 Å². The fraction of sp³-hybridized carbons (Fsp3) is 0.105. The second-order valence-corrected chi connectivity index (χ2v) is 6.11. The van der Waals surface area contributed by atoms with Crippen LogP contribution >= 0.6 is 0 Å². The number of hydrogen-bond donors (Lipinski definition) is 3. The fourth-order valence-corrected chi connectivity index (χ4v) is 2.71. The van der Waals surface area contributed by atoms with Crippen LogP contribution < -0.4 is 20.3 Å². The summed E-state index contributed by atoms with van der Waals surface area (Å²) in [6, 6.07) is 11.5. The number of likely N-dealkylation sites (N-methyl/N-ethyl adjacent to an activating group) is 1. The van der Waals surface area contributed by atoms with Gasteiger partial charge in [0.1, 0.15) is 11.5 Å². The highest BCUT2D eigenvalue weighted by Crippen LogP contribution is 2.34. The summed E-state index contributed by atoms with van der Waals surface area (Å²) in [6.45, 7) is 0.00141. The lowest BCUT2D eigenvalue weighted by Gasteiger charge is -2.26. The molecule has 2 heterocycles. The standard InChI is InChI=1S/C19H16FN5O3/c1-25-15-8-12(5-6-16(15)28-10-17(25)27)23-19-21-9-14(20)18(24-19)22-11-3-2-4-13(26)7-11/h2-9,26H,10H2,1H3,(H2,21,22,23,24). The molecule has 1 amide bonds. The van der Waals surface area contributed by atoms with E-state index in [0.29, 0.717) is 22.8 Å². The van der Waals surface area contributed by atoms with E-state index in [2.05, 4.69) is 20.6 Å². The third-order valence-electron chi connectivity index (χ3n) is 4.15. The topological polar surface area (TPSA) is 99.6 Å². The van der Waals surface area contributed by atoms with Crippen molar-refractivity contribution in [2.75, 3.05) is 29.2 Å². The Kier molecular flexibility index (Phi) is 4.40. The van der Waals surface area contributed by atoms with Crippen molar-refractivity contribution in [1.29, 1.82) is 0 Å². The number of aromatic hydroxyl groups is 1. The van der Waals surface area contributed by atoms with Gasteiger partial charge in [-0.2, -0.15) is 4.98 Å². The first-order valence-corrected chi connectivity index (χ1v) is 8.38. The molecular formula is C19H16FN5O3. The van der Waals surface area contributed by atoms with Gasteiger partial charge in [-0.05, 0) is 30.3 Å². The molecule has 1 aliphatic heterocycles. The molecule has 0 aliphatic carbocycles. The van der Waals surface area contributed by atoms with Crippen LogP contribution in [0, 0.1) is 5.82 Å². The fourth-order valence-electron chi connectivity index (χ4n) is 2.71. The maximum atomic E-state index is 14.1. The minimum atomic E-state index is -0.641. The first-order valence-electron chi connectivity index (χ1n) is 8.38. The van der Waals surface area contributed by atoms with Gasteiger partial charge < -0.3 is 25.4 Å². The van der Waals surface area contributed by atoms with Crippen LogP contribution in [0.15, 0.2) is 48.7 Å². The van der Waals surface area contributed by atoms with Crippen LogP contribution in [0.1, 0.15) is 0 Å². The number of anilines is 5. The van der Waals surface area contributed by atoms with Crippen molar-refractivity contribution in [3.63, 3.8) is 0 Å². The van der Waals surface area contributed by atoms with Gasteiger partial charge in [0.2, 0.25) is 5.95 Å². The number of amides is 1. The van der Waals surface area contributed by atoms with E-state index in [1.54, 1.807) is 37.4 Å². The van der Waals surface area contributed by atoms with Crippen LogP contribution in [0.5, 0.6) is 11.5 Å². The van der Waals surface area contributed by atoms with Crippen LogP contribution in [-0.2, 0) is 4.79 Å². The summed E-state index contributed by atoms with van der Waals surface area (Å²) >= 11 is 0. The van der Waals surface area contributed by atoms with Crippen LogP contribution in [-0.4, -0.2) is 34.6 Å². The first kappa shape index (κ1) is 17.5. The number of rotatable bonds is 4. The molecule has 0 bridgehead atoms. The van der Waals surface area contributed by atoms with Gasteiger partial charge in [-0.3, -0.25) is 4.79 Å². The van der Waals surface area contributed by atoms with Crippen molar-refractivity contribution in [2.24, 2.45) is 0 Å². The Morgan fingerprint density at radius 3 is 2.82 bits per heavy atom. The highest BCUT2D eigenvalue weighted by molar-refractivity contribution is 5.98. The highest BCUT2D eigenvalue weighted by atomic mass is 19.1. The number of hydrogen-bond acceptors (Lipinski definition) is 7. The van der Waals surface area contributed by atoms with Gasteiger partial charge in [0, 0.05) is 24.5 Å². The van der Waals surface area contributed by atoms with Gasteiger partial charge >= 0.3 is 0 Å². The van der Waals surface area contributed by atoms with Crippen LogP contribution in [0.25, 0.3) is 0 Å². The molecule has 142 valence electrons. The van der Waals surface area contributed by atoms with E-state index in [-0.39, 0.29) is 30.0 Å². The third-order valence-corrected chi connectivity index (χ3v) is 4.15. The predicted octanol–water partition coefficient (Wildman–Crippen LogP) is 3.16. The first-order chi connectivity index (χ1) is 13.5. The normalized spacial score (nSPS) is 12.9. The summed E-state index contributed by atoms with van der Waals surface area (Å²) in [7, 11) is 1.67. The molecule has 3 N–H and O–H groups in total. The Morgan fingerprint density at radius 1 is 1.18 bits per heavy atom. The molecule has 0 unspecified atom stereocenters. The Labute approximate surface area is 159 Å². The second kappa shape index (κ2) is 7.03. The number of phenols is 1. The van der Waals surface area contributed by atoms with Crippen molar-refractivity contribution in [1.82, 2.24) is 9.97 Å². The molecule has 0 saturated carbocycles. The molecule has 0 fully saturated rings. The molecule has 3 aromatic rings. The Balaban J connectivity index is 1.58. The summed E-state index contributed by atoms with van der Waals surface area (Å²) in [5.41, 5.74) is 1.70. The Bertz CT molecular complexity index is 1060. The largest absolute Gasteiger partial charge is 0.508 e. The number of fused-ring (bicyclic) bond motifs is 1. The molecule has 1 aromatic heterocycles. The van der Waals surface area contributed by atoms with E-state index in [0.717, 1.165) is 6.20 Å². The molecule has 9 heteroatoms. The van der Waals surface area contributed by atoms with Crippen LogP contribution in [0.2, 0.25) is 0 Å². The minimum absolute atomic E-state index is 0.00141. The number of aromatic nitrogens is 2. The van der Waals surface area contributed by atoms with Crippen molar-refractivity contribution in [3.8, 4) is 11.5 Å². The van der Waals surface area contributed by atoms with E-state index in [4.69, 9.17) is 4.74 Å². The lowest BCUT2D eigenvalue weighted by atomic mass is 10.2. The molecule has 0 spiro atoms. The molecule has 0 radical (unpaired) electrons. The number of halogens is 1. The smallest absolute Gasteiger partial charge is 0.264 e. The second-order valence-electron chi connectivity index (χ2n) is 6.11. The molecule has 8 nitrogen and oxygen atoms in total. The van der Waals surface area contributed by atoms with Crippen molar-refractivity contribution in [2.45, 2.75) is 0 Å². The van der Waals surface area contributed by atoms with Crippen molar-refractivity contribution in [3.05, 3.63) is 54.5 Å². The van der Waals surface area contributed by atoms with Gasteiger partial charge in [0.15, 0.2) is 18.2 Å². The number of phenolic OH excluding ortho intramolecular Hbond substituents is 1. The maximum Gasteiger partial charge on any atom is 0.264 e. The summed E-state index contributed by atoms with van der Waals surface area (Å²) in [5, 5.41) is 15.3. The average molecular weight is 381 g/mol. The molecule has 4 rings (SSSR count). The van der Waals surface area contributed by atoms with Gasteiger partial charge in [0.25, 0.3) is 5.91 Å². The van der Waals surface area contributed by atoms with Gasteiger partial charge in [0.05, 0.1) is 11.9 Å². The monoisotopic (exact) mass is 381 g/mol. The number of nitrogens with zero attached hydrogens (tertiary/aromatic N) is 3. The SMILES string of the molecule is CN1C(=O)COc2ccc(Nc3ncc(F)c(Nc4cccc(O)c4)n3)cc21. The van der Waals surface area contributed by atoms with Crippen molar-refractivity contribution >= 4 is 34.7 Å². The number of nitrogens with one attached hydrogen (secondary N) is 2. The van der Waals surface area contributed by atoms with Gasteiger partial charge in [-0.1, -0.05) is 6.07 Å². The molecule has 0 atom stereocenters. The predicted molar refractivity (Wildman–Crippen MR) is 102 cm³/mol. The lowest BCUT2D eigenvalue weighted by molar-refractivity contribution is -0.120. The molecule has 28 heavy (non-hydrogen) atoms. The Morgan fingerprint density at radius 2 is 2.00 bits per heavy atom. The molecule has 2 aromatic carbocycles. The molecular weight excluding hydrogens is 365 g/mol. The number of carbonyl (C=O) groups excluding carboxylic acids is 1. The lowest BCUT2D eigenvalue weighted by Crippen LogP contribution is -2.35. The zero-order chi connectivity index (χ0) is 19.7. The summed E-state index contributed by atoms with van der Waals surface area (Å²) in [6.07, 6.45) is 1.04. The maximum absolute atomic E-state index is 14.1. The van der Waals surface area contributed by atoms with Gasteiger partial charge in [-0.15, -0.1) is 0 Å². The number of benzene rings is 2. The number of ether oxygens (including phenoxy) is 1. The number of carbonyl (C=O) groups is 1. The zero-order valence-corrected chi connectivity index (χ0v) is 14.8. The van der Waals surface area contributed by atoms with E-state index in [1.807, 2.05) is 0 Å². The van der Waals surface area contributed by atoms with E-state index >= 15 is 0 Å². The summed E-state index contributed by atoms with van der Waals surface area (Å²) in [4.78, 5) is 21.4. The minimum Gasteiger partial charge on any atom is -0.508 e. The summed E-state index contributed by atoms with van der Waals surface area (Å²) < 4.78 is 19.5. The zero-order valence-electron chi connectivity index (χ0n) is 14.8. The molecule has 0 saturated heterocycles. The van der Waals surface area contributed by atoms with E-state index in [9.17, 15) is 14.3 Å². The average Bonchev–Trinajstić information content (AvgIpc) is 2.68. The van der Waals surface area contributed by atoms with Crippen LogP contribution in [0.3, 0.4) is 0 Å². The van der Waals surface area contributed by atoms with Crippen molar-refractivity contribution < 1.29 is 19.0 Å². The highest BCUT2D eigenvalue weighted by Gasteiger charge is 2.22. The van der Waals surface area contributed by atoms with Crippen LogP contribution in [0.4, 0.5) is 33.2 Å². The van der Waals surface area contributed by atoms with E-state index in [1.165, 1.54) is 17.0 Å². The van der Waals surface area contributed by atoms with E-state index < -0.39 is 5.82 Å². The Hall–Kier alpha value is -3.88.